The zero-order valence-corrected chi connectivity index (χ0v) is 13.7. The fourth-order valence-corrected chi connectivity index (χ4v) is 3.10. The Hall–Kier alpha value is -1.74. The molecule has 1 aromatic carbocycles. The first-order valence-electron chi connectivity index (χ1n) is 6.47. The highest BCUT2D eigenvalue weighted by Gasteiger charge is 2.10. The molecule has 0 aliphatic heterocycles. The van der Waals surface area contributed by atoms with Gasteiger partial charge >= 0.3 is 0 Å². The number of hydrogen-bond acceptors (Lipinski definition) is 5. The van der Waals surface area contributed by atoms with E-state index >= 15 is 0 Å². The Morgan fingerprint density at radius 3 is 2.50 bits per heavy atom. The molecule has 3 N–H and O–H groups in total. The lowest BCUT2D eigenvalue weighted by Crippen LogP contribution is -2.29. The number of carbonyl (C=O) groups excluding carboxylic acids is 1. The highest BCUT2D eigenvalue weighted by Crippen LogP contribution is 2.13. The number of carbonyl (C=O) groups is 1. The van der Waals surface area contributed by atoms with Crippen molar-refractivity contribution in [2.75, 3.05) is 18.9 Å². The second-order valence-electron chi connectivity index (χ2n) is 4.92. The van der Waals surface area contributed by atoms with Gasteiger partial charge in [-0.05, 0) is 53.7 Å². The van der Waals surface area contributed by atoms with E-state index in [1.54, 1.807) is 11.3 Å². The summed E-state index contributed by atoms with van der Waals surface area (Å²) in [5.74, 6) is -0.166. The molecule has 0 spiro atoms. The first-order valence-corrected chi connectivity index (χ1v) is 8.96. The molecule has 1 aromatic heterocycles. The van der Waals surface area contributed by atoms with Gasteiger partial charge in [0, 0.05) is 12.2 Å². The highest BCUT2D eigenvalue weighted by atomic mass is 32.2. The lowest BCUT2D eigenvalue weighted by atomic mass is 10.3. The number of anilines is 1. The summed E-state index contributed by atoms with van der Waals surface area (Å²) in [6, 6.07) is 7.76. The summed E-state index contributed by atoms with van der Waals surface area (Å²) in [5.41, 5.74) is 1.69. The van der Waals surface area contributed by atoms with Crippen LogP contribution in [0.5, 0.6) is 0 Å². The average Bonchev–Trinajstić information content (AvgIpc) is 2.90. The number of sulfonamides is 1. The SMILES string of the molecule is CN(CC(=O)Nc1ccc(S(N)(=O)=O)cc1)Cc1ccsc1. The summed E-state index contributed by atoms with van der Waals surface area (Å²) in [7, 11) is -1.85. The second kappa shape index (κ2) is 7.01. The maximum absolute atomic E-state index is 11.9. The van der Waals surface area contributed by atoms with Crippen molar-refractivity contribution in [2.24, 2.45) is 5.14 Å². The van der Waals surface area contributed by atoms with Crippen molar-refractivity contribution in [1.82, 2.24) is 4.90 Å². The number of hydrogen-bond donors (Lipinski definition) is 2. The van der Waals surface area contributed by atoms with Gasteiger partial charge in [0.05, 0.1) is 11.4 Å². The van der Waals surface area contributed by atoms with Crippen LogP contribution in [0.2, 0.25) is 0 Å². The summed E-state index contributed by atoms with van der Waals surface area (Å²) in [6.45, 7) is 0.939. The maximum atomic E-state index is 11.9. The first kappa shape index (κ1) is 16.6. The van der Waals surface area contributed by atoms with Crippen LogP contribution in [0.15, 0.2) is 46.0 Å². The van der Waals surface area contributed by atoms with Crippen molar-refractivity contribution < 1.29 is 13.2 Å². The van der Waals surface area contributed by atoms with Crippen LogP contribution in [0.4, 0.5) is 5.69 Å². The number of benzene rings is 1. The third-order valence-electron chi connectivity index (χ3n) is 2.91. The Bertz CT molecular complexity index is 725. The Morgan fingerprint density at radius 2 is 1.95 bits per heavy atom. The Balaban J connectivity index is 1.89. The van der Waals surface area contributed by atoms with E-state index in [9.17, 15) is 13.2 Å². The third-order valence-corrected chi connectivity index (χ3v) is 4.57. The molecule has 8 heteroatoms. The number of likely N-dealkylation sites (N-methyl/N-ethyl adjacent to an activating group) is 1. The minimum Gasteiger partial charge on any atom is -0.325 e. The second-order valence-corrected chi connectivity index (χ2v) is 7.26. The van der Waals surface area contributed by atoms with Crippen LogP contribution in [0.1, 0.15) is 5.56 Å². The largest absolute Gasteiger partial charge is 0.325 e. The van der Waals surface area contributed by atoms with Crippen LogP contribution in [0.3, 0.4) is 0 Å². The number of amides is 1. The molecular formula is C14H17N3O3S2. The number of thiophene rings is 1. The van der Waals surface area contributed by atoms with Gasteiger partial charge in [-0.1, -0.05) is 0 Å². The standard InChI is InChI=1S/C14H17N3O3S2/c1-17(8-11-6-7-21-10-11)9-14(18)16-12-2-4-13(5-3-12)22(15,19)20/h2-7,10H,8-9H2,1H3,(H,16,18)(H2,15,19,20). The van der Waals surface area contributed by atoms with Crippen LogP contribution in [-0.2, 0) is 21.4 Å². The zero-order chi connectivity index (χ0) is 16.2. The number of nitrogens with zero attached hydrogens (tertiary/aromatic N) is 1. The summed E-state index contributed by atoms with van der Waals surface area (Å²) in [6.07, 6.45) is 0. The third kappa shape index (κ3) is 4.92. The molecule has 2 rings (SSSR count). The maximum Gasteiger partial charge on any atom is 0.238 e. The van der Waals surface area contributed by atoms with Gasteiger partial charge < -0.3 is 5.32 Å². The molecular weight excluding hydrogens is 322 g/mol. The molecule has 1 amide bonds. The Labute approximate surface area is 133 Å². The van der Waals surface area contributed by atoms with Gasteiger partial charge in [0.25, 0.3) is 0 Å². The van der Waals surface area contributed by atoms with E-state index in [-0.39, 0.29) is 17.3 Å². The molecule has 22 heavy (non-hydrogen) atoms. The predicted molar refractivity (Wildman–Crippen MR) is 87.1 cm³/mol. The van der Waals surface area contributed by atoms with E-state index in [1.165, 1.54) is 24.3 Å². The number of nitrogens with two attached hydrogens (primary N) is 1. The Kier molecular flexibility index (Phi) is 5.30. The van der Waals surface area contributed by atoms with Crippen molar-refractivity contribution >= 4 is 33.0 Å². The van der Waals surface area contributed by atoms with E-state index < -0.39 is 10.0 Å². The number of primary sulfonamides is 1. The van der Waals surface area contributed by atoms with Crippen molar-refractivity contribution in [3.8, 4) is 0 Å². The lowest BCUT2D eigenvalue weighted by molar-refractivity contribution is -0.117. The summed E-state index contributed by atoms with van der Waals surface area (Å²) >= 11 is 1.62. The smallest absolute Gasteiger partial charge is 0.238 e. The van der Waals surface area contributed by atoms with Crippen LogP contribution < -0.4 is 10.5 Å². The van der Waals surface area contributed by atoms with Crippen molar-refractivity contribution in [2.45, 2.75) is 11.4 Å². The van der Waals surface area contributed by atoms with Gasteiger partial charge in [0.2, 0.25) is 15.9 Å². The van der Waals surface area contributed by atoms with Crippen molar-refractivity contribution in [3.63, 3.8) is 0 Å². The van der Waals surface area contributed by atoms with Crippen molar-refractivity contribution in [1.29, 1.82) is 0 Å². The molecule has 0 bridgehead atoms. The monoisotopic (exact) mass is 339 g/mol. The molecule has 0 unspecified atom stereocenters. The van der Waals surface area contributed by atoms with Crippen LogP contribution in [0, 0.1) is 0 Å². The first-order chi connectivity index (χ1) is 10.3. The topological polar surface area (TPSA) is 92.5 Å². The molecule has 0 aliphatic carbocycles. The van der Waals surface area contributed by atoms with Crippen LogP contribution >= 0.6 is 11.3 Å². The van der Waals surface area contributed by atoms with E-state index in [1.807, 2.05) is 28.8 Å². The van der Waals surface area contributed by atoms with Crippen LogP contribution in [-0.4, -0.2) is 32.8 Å². The molecule has 0 saturated carbocycles. The van der Waals surface area contributed by atoms with E-state index in [2.05, 4.69) is 5.32 Å². The lowest BCUT2D eigenvalue weighted by Gasteiger charge is -2.15. The molecule has 1 heterocycles. The van der Waals surface area contributed by atoms with Gasteiger partial charge in [0.15, 0.2) is 0 Å². The molecule has 0 atom stereocenters. The number of nitrogens with one attached hydrogen (secondary N) is 1. The van der Waals surface area contributed by atoms with Gasteiger partial charge in [-0.15, -0.1) is 0 Å². The molecule has 0 aliphatic rings. The number of rotatable bonds is 6. The predicted octanol–water partition coefficient (Wildman–Crippen LogP) is 1.47. The summed E-state index contributed by atoms with van der Waals surface area (Å²) in [4.78, 5) is 13.9. The minimum absolute atomic E-state index is 0.0140. The fraction of sp³-hybridized carbons (Fsp3) is 0.214. The highest BCUT2D eigenvalue weighted by molar-refractivity contribution is 7.89. The molecule has 0 radical (unpaired) electrons. The summed E-state index contributed by atoms with van der Waals surface area (Å²) in [5, 5.41) is 11.8. The van der Waals surface area contributed by atoms with Crippen LogP contribution in [0.25, 0.3) is 0 Å². The Morgan fingerprint density at radius 1 is 1.27 bits per heavy atom. The normalized spacial score (nSPS) is 11.6. The average molecular weight is 339 g/mol. The quantitative estimate of drug-likeness (QED) is 0.833. The van der Waals surface area contributed by atoms with Gasteiger partial charge in [-0.25, -0.2) is 13.6 Å². The molecule has 0 fully saturated rings. The zero-order valence-electron chi connectivity index (χ0n) is 12.0. The van der Waals surface area contributed by atoms with E-state index in [0.717, 1.165) is 5.56 Å². The molecule has 2 aromatic rings. The minimum atomic E-state index is -3.72. The van der Waals surface area contributed by atoms with Gasteiger partial charge in [-0.2, -0.15) is 11.3 Å². The molecule has 6 nitrogen and oxygen atoms in total. The molecule has 118 valence electrons. The van der Waals surface area contributed by atoms with E-state index in [0.29, 0.717) is 12.2 Å². The van der Waals surface area contributed by atoms with Gasteiger partial charge in [-0.3, -0.25) is 9.69 Å². The van der Waals surface area contributed by atoms with Crippen molar-refractivity contribution in [3.05, 3.63) is 46.7 Å². The van der Waals surface area contributed by atoms with Gasteiger partial charge in [0.1, 0.15) is 0 Å². The fourth-order valence-electron chi connectivity index (χ4n) is 1.92. The molecule has 0 saturated heterocycles. The van der Waals surface area contributed by atoms with E-state index in [4.69, 9.17) is 5.14 Å². The summed E-state index contributed by atoms with van der Waals surface area (Å²) < 4.78 is 22.3.